The number of phenols is 1. The average Bonchev–Trinajstić information content (AvgIpc) is 2.45. The van der Waals surface area contributed by atoms with Gasteiger partial charge in [0.25, 0.3) is 0 Å². The molecule has 128 valence electrons. The van der Waals surface area contributed by atoms with Gasteiger partial charge in [0.2, 0.25) is 0 Å². The van der Waals surface area contributed by atoms with Crippen LogP contribution < -0.4 is 5.73 Å². The summed E-state index contributed by atoms with van der Waals surface area (Å²) in [5.41, 5.74) is 8.47. The average molecular weight is 325 g/mol. The zero-order valence-electron chi connectivity index (χ0n) is 15.4. The Balaban J connectivity index is 2.72. The third kappa shape index (κ3) is 3.45. The minimum Gasteiger partial charge on any atom is -0.507 e. The van der Waals surface area contributed by atoms with E-state index in [1.807, 2.05) is 47.6 Å². The van der Waals surface area contributed by atoms with Crippen LogP contribution in [0.25, 0.3) is 0 Å². The van der Waals surface area contributed by atoms with Crippen molar-refractivity contribution < 1.29 is 9.90 Å². The van der Waals surface area contributed by atoms with E-state index in [-0.39, 0.29) is 22.4 Å². The molecule has 2 aromatic carbocycles. The van der Waals surface area contributed by atoms with Crippen LogP contribution in [0, 0.1) is 0 Å². The number of aromatic hydroxyl groups is 1. The van der Waals surface area contributed by atoms with Crippen molar-refractivity contribution in [3.05, 3.63) is 58.7 Å². The van der Waals surface area contributed by atoms with Crippen molar-refractivity contribution in [2.24, 2.45) is 0 Å². The van der Waals surface area contributed by atoms with E-state index in [0.717, 1.165) is 11.1 Å². The number of benzene rings is 2. The molecule has 2 rings (SSSR count). The summed E-state index contributed by atoms with van der Waals surface area (Å²) in [6.07, 6.45) is 0. The first-order valence-electron chi connectivity index (χ1n) is 8.20. The van der Waals surface area contributed by atoms with Gasteiger partial charge < -0.3 is 10.8 Å². The minimum atomic E-state index is -0.275. The summed E-state index contributed by atoms with van der Waals surface area (Å²) in [4.78, 5) is 13.0. The van der Waals surface area contributed by atoms with Gasteiger partial charge in [-0.1, -0.05) is 53.7 Å². The summed E-state index contributed by atoms with van der Waals surface area (Å²) in [5.74, 6) is 0.150. The highest BCUT2D eigenvalue weighted by atomic mass is 16.3. The summed E-state index contributed by atoms with van der Waals surface area (Å²) < 4.78 is 0. The number of carbonyl (C=O) groups excluding carboxylic acids is 1. The molecule has 0 spiro atoms. The topological polar surface area (TPSA) is 63.3 Å². The van der Waals surface area contributed by atoms with Crippen molar-refractivity contribution >= 4 is 11.5 Å². The molecule has 0 aliphatic carbocycles. The quantitative estimate of drug-likeness (QED) is 0.616. The zero-order valence-corrected chi connectivity index (χ0v) is 15.4. The summed E-state index contributed by atoms with van der Waals surface area (Å²) in [5, 5.41) is 10.8. The van der Waals surface area contributed by atoms with E-state index in [2.05, 4.69) is 0 Å². The zero-order chi connectivity index (χ0) is 18.3. The maximum Gasteiger partial charge on any atom is 0.195 e. The molecule has 0 aliphatic rings. The van der Waals surface area contributed by atoms with Gasteiger partial charge in [0.1, 0.15) is 5.75 Å². The van der Waals surface area contributed by atoms with Gasteiger partial charge in [0, 0.05) is 27.9 Å². The Hall–Kier alpha value is -2.29. The smallest absolute Gasteiger partial charge is 0.195 e. The molecule has 0 aromatic heterocycles. The van der Waals surface area contributed by atoms with Crippen molar-refractivity contribution in [3.8, 4) is 5.75 Å². The molecule has 0 radical (unpaired) electrons. The van der Waals surface area contributed by atoms with Crippen molar-refractivity contribution in [3.63, 3.8) is 0 Å². The largest absolute Gasteiger partial charge is 0.507 e. The van der Waals surface area contributed by atoms with E-state index in [1.165, 1.54) is 0 Å². The summed E-state index contributed by atoms with van der Waals surface area (Å²) >= 11 is 0. The Morgan fingerprint density at radius 1 is 0.917 bits per heavy atom. The number of anilines is 1. The van der Waals surface area contributed by atoms with Crippen molar-refractivity contribution in [2.75, 3.05) is 5.73 Å². The molecule has 0 heterocycles. The van der Waals surface area contributed by atoms with Crippen molar-refractivity contribution in [2.45, 2.75) is 52.4 Å². The molecule has 3 heteroatoms. The number of phenolic OH excluding ortho intramolecular Hbond substituents is 1. The van der Waals surface area contributed by atoms with Gasteiger partial charge in [-0.15, -0.1) is 0 Å². The molecule has 0 saturated heterocycles. The van der Waals surface area contributed by atoms with Crippen LogP contribution in [0.15, 0.2) is 36.4 Å². The monoisotopic (exact) mass is 325 g/mol. The molecular formula is C21H27NO2. The second-order valence-electron chi connectivity index (χ2n) is 8.34. The molecule has 3 N–H and O–H groups in total. The highest BCUT2D eigenvalue weighted by molar-refractivity contribution is 6.12. The number of carbonyl (C=O) groups is 1. The maximum atomic E-state index is 13.0. The SMILES string of the molecule is CC(C)(C)c1cc(C(=O)c2ccccc2N)cc(C(C)(C)C)c1O. The summed E-state index contributed by atoms with van der Waals surface area (Å²) in [7, 11) is 0. The van der Waals surface area contributed by atoms with E-state index in [9.17, 15) is 9.90 Å². The van der Waals surface area contributed by atoms with Gasteiger partial charge in [0.05, 0.1) is 0 Å². The van der Waals surface area contributed by atoms with E-state index in [1.54, 1.807) is 30.3 Å². The molecule has 24 heavy (non-hydrogen) atoms. The molecule has 0 saturated carbocycles. The van der Waals surface area contributed by atoms with Gasteiger partial charge >= 0.3 is 0 Å². The van der Waals surface area contributed by atoms with Crippen molar-refractivity contribution in [1.82, 2.24) is 0 Å². The highest BCUT2D eigenvalue weighted by Gasteiger charge is 2.28. The molecule has 0 atom stereocenters. The van der Waals surface area contributed by atoms with Gasteiger partial charge in [-0.05, 0) is 35.1 Å². The maximum absolute atomic E-state index is 13.0. The van der Waals surface area contributed by atoms with E-state index in [0.29, 0.717) is 16.8 Å². The molecule has 2 aromatic rings. The predicted molar refractivity (Wildman–Crippen MR) is 99.8 cm³/mol. The van der Waals surface area contributed by atoms with E-state index < -0.39 is 0 Å². The van der Waals surface area contributed by atoms with Crippen LogP contribution in [-0.2, 0) is 10.8 Å². The molecular weight excluding hydrogens is 298 g/mol. The minimum absolute atomic E-state index is 0.121. The Kier molecular flexibility index (Phi) is 4.49. The van der Waals surface area contributed by atoms with Gasteiger partial charge in [-0.3, -0.25) is 4.79 Å². The van der Waals surface area contributed by atoms with Crippen LogP contribution in [0.3, 0.4) is 0 Å². The first-order valence-corrected chi connectivity index (χ1v) is 8.20. The molecule has 0 bridgehead atoms. The fraction of sp³-hybridized carbons (Fsp3) is 0.381. The Labute approximate surface area is 144 Å². The standard InChI is InChI=1S/C21H27NO2/c1-20(2,3)15-11-13(12-16(19(15)24)21(4,5)6)18(23)14-9-7-8-10-17(14)22/h7-12,24H,22H2,1-6H3. The van der Waals surface area contributed by atoms with E-state index in [4.69, 9.17) is 5.73 Å². The van der Waals surface area contributed by atoms with Crippen LogP contribution >= 0.6 is 0 Å². The fourth-order valence-electron chi connectivity index (χ4n) is 2.77. The molecule has 0 aliphatic heterocycles. The summed E-state index contributed by atoms with van der Waals surface area (Å²) in [6, 6.07) is 10.7. The molecule has 0 unspecified atom stereocenters. The van der Waals surface area contributed by atoms with Crippen LogP contribution in [-0.4, -0.2) is 10.9 Å². The van der Waals surface area contributed by atoms with Crippen LogP contribution in [0.5, 0.6) is 5.75 Å². The Morgan fingerprint density at radius 3 is 1.79 bits per heavy atom. The number of ketones is 1. The normalized spacial score (nSPS) is 12.2. The molecule has 0 amide bonds. The summed E-state index contributed by atoms with van der Waals surface area (Å²) in [6.45, 7) is 12.2. The number of nitrogen functional groups attached to an aromatic ring is 1. The van der Waals surface area contributed by atoms with Crippen LogP contribution in [0.1, 0.15) is 68.6 Å². The fourth-order valence-corrected chi connectivity index (χ4v) is 2.77. The highest BCUT2D eigenvalue weighted by Crippen LogP contribution is 2.40. The van der Waals surface area contributed by atoms with Gasteiger partial charge in [-0.2, -0.15) is 0 Å². The van der Waals surface area contributed by atoms with Gasteiger partial charge in [-0.25, -0.2) is 0 Å². The number of para-hydroxylation sites is 1. The third-order valence-electron chi connectivity index (χ3n) is 4.19. The van der Waals surface area contributed by atoms with Gasteiger partial charge in [0.15, 0.2) is 5.78 Å². The molecule has 0 fully saturated rings. The van der Waals surface area contributed by atoms with E-state index >= 15 is 0 Å². The third-order valence-corrected chi connectivity index (χ3v) is 4.19. The lowest BCUT2D eigenvalue weighted by Gasteiger charge is -2.28. The van der Waals surface area contributed by atoms with Crippen molar-refractivity contribution in [1.29, 1.82) is 0 Å². The predicted octanol–water partition coefficient (Wildman–Crippen LogP) is 4.80. The second-order valence-corrected chi connectivity index (χ2v) is 8.34. The number of nitrogens with two attached hydrogens (primary N) is 1. The lowest BCUT2D eigenvalue weighted by atomic mass is 9.77. The lowest BCUT2D eigenvalue weighted by molar-refractivity contribution is 0.103. The van der Waals surface area contributed by atoms with Crippen LogP contribution in [0.2, 0.25) is 0 Å². The number of hydrogen-bond donors (Lipinski definition) is 2. The molecule has 3 nitrogen and oxygen atoms in total. The Bertz CT molecular complexity index is 742. The lowest BCUT2D eigenvalue weighted by Crippen LogP contribution is -2.19. The number of hydrogen-bond acceptors (Lipinski definition) is 3. The van der Waals surface area contributed by atoms with Crippen LogP contribution in [0.4, 0.5) is 5.69 Å². The first kappa shape index (κ1) is 18.1. The first-order chi connectivity index (χ1) is 10.9. The second kappa shape index (κ2) is 5.97. The Morgan fingerprint density at radius 2 is 1.38 bits per heavy atom. The number of rotatable bonds is 2.